The number of halogens is 1. The van der Waals surface area contributed by atoms with Crippen molar-refractivity contribution in [3.8, 4) is 0 Å². The molecular weight excluding hydrogens is 346 g/mol. The number of benzene rings is 1. The largest absolute Gasteiger partial charge is 0.450 e. The Morgan fingerprint density at radius 2 is 2.08 bits per heavy atom. The van der Waals surface area contributed by atoms with Crippen molar-refractivity contribution in [2.24, 2.45) is 5.41 Å². The average Bonchev–Trinajstić information content (AvgIpc) is 2.51. The summed E-state index contributed by atoms with van der Waals surface area (Å²) in [4.78, 5) is 22.0. The molecule has 0 aromatic heterocycles. The van der Waals surface area contributed by atoms with Gasteiger partial charge in [0, 0.05) is 23.2 Å². The van der Waals surface area contributed by atoms with Crippen LogP contribution >= 0.6 is 23.4 Å². The molecule has 1 amide bonds. The van der Waals surface area contributed by atoms with Gasteiger partial charge in [0.15, 0.2) is 0 Å². The second kappa shape index (κ2) is 10.6. The van der Waals surface area contributed by atoms with E-state index in [0.717, 1.165) is 24.0 Å². The third-order valence-corrected chi connectivity index (χ3v) is 4.92. The maximum atomic E-state index is 11.9. The lowest BCUT2D eigenvalue weighted by Crippen LogP contribution is -2.34. The monoisotopic (exact) mass is 371 g/mol. The summed E-state index contributed by atoms with van der Waals surface area (Å²) in [5, 5.41) is 3.54. The van der Waals surface area contributed by atoms with E-state index in [1.54, 1.807) is 0 Å². The minimum atomic E-state index is -0.420. The molecule has 0 bridgehead atoms. The van der Waals surface area contributed by atoms with Gasteiger partial charge in [-0.2, -0.15) is 11.8 Å². The highest BCUT2D eigenvalue weighted by Gasteiger charge is 2.28. The Kier molecular flexibility index (Phi) is 9.22. The second-order valence-corrected chi connectivity index (χ2v) is 8.11. The minimum absolute atomic E-state index is 0.0518. The van der Waals surface area contributed by atoms with Crippen LogP contribution in [0.25, 0.3) is 0 Å². The summed E-state index contributed by atoms with van der Waals surface area (Å²) in [6.45, 7) is 7.19. The van der Waals surface area contributed by atoms with E-state index >= 15 is 0 Å². The van der Waals surface area contributed by atoms with Gasteiger partial charge in [0.05, 0.1) is 6.61 Å². The van der Waals surface area contributed by atoms with Crippen molar-refractivity contribution in [1.82, 2.24) is 5.32 Å². The van der Waals surface area contributed by atoms with Gasteiger partial charge in [0.1, 0.15) is 6.29 Å². The normalized spacial score (nSPS) is 12.5. The van der Waals surface area contributed by atoms with Gasteiger partial charge in [-0.1, -0.05) is 50.6 Å². The molecule has 134 valence electrons. The predicted octanol–water partition coefficient (Wildman–Crippen LogP) is 4.52. The lowest BCUT2D eigenvalue weighted by atomic mass is 9.76. The summed E-state index contributed by atoms with van der Waals surface area (Å²) < 4.78 is 5.17. The molecule has 0 saturated heterocycles. The average molecular weight is 372 g/mol. The standard InChI is InChI=1S/C18H26ClNO3S/c1-18(2,3)15(14-7-4-5-8-16(14)19)13-20-17(22)23-10-6-11-24-12-9-21/h4-5,7-9,15H,6,10-13H2,1-3H3,(H,20,22). The molecule has 1 N–H and O–H groups in total. The molecule has 24 heavy (non-hydrogen) atoms. The summed E-state index contributed by atoms with van der Waals surface area (Å²) in [5.74, 6) is 1.37. The van der Waals surface area contributed by atoms with Crippen LogP contribution < -0.4 is 5.32 Å². The van der Waals surface area contributed by atoms with E-state index in [4.69, 9.17) is 16.3 Å². The maximum Gasteiger partial charge on any atom is 0.407 e. The van der Waals surface area contributed by atoms with Gasteiger partial charge in [-0.3, -0.25) is 0 Å². The summed E-state index contributed by atoms with van der Waals surface area (Å²) in [5.41, 5.74) is 0.973. The number of carbonyl (C=O) groups excluding carboxylic acids is 2. The van der Waals surface area contributed by atoms with Gasteiger partial charge in [0.25, 0.3) is 0 Å². The minimum Gasteiger partial charge on any atom is -0.450 e. The van der Waals surface area contributed by atoms with E-state index in [0.29, 0.717) is 23.9 Å². The van der Waals surface area contributed by atoms with Crippen LogP contribution in [0.5, 0.6) is 0 Å². The van der Waals surface area contributed by atoms with Gasteiger partial charge in [-0.15, -0.1) is 0 Å². The van der Waals surface area contributed by atoms with Gasteiger partial charge in [-0.25, -0.2) is 4.79 Å². The van der Waals surface area contributed by atoms with Crippen LogP contribution in [0, 0.1) is 5.41 Å². The van der Waals surface area contributed by atoms with Crippen LogP contribution in [0.2, 0.25) is 5.02 Å². The van der Waals surface area contributed by atoms with Crippen molar-refractivity contribution in [3.05, 3.63) is 34.9 Å². The zero-order valence-electron chi connectivity index (χ0n) is 14.5. The number of amides is 1. The molecule has 0 radical (unpaired) electrons. The van der Waals surface area contributed by atoms with E-state index < -0.39 is 6.09 Å². The zero-order valence-corrected chi connectivity index (χ0v) is 16.1. The summed E-state index contributed by atoms with van der Waals surface area (Å²) in [7, 11) is 0. The first-order valence-corrected chi connectivity index (χ1v) is 9.56. The molecular formula is C18H26ClNO3S. The third-order valence-electron chi connectivity index (χ3n) is 3.63. The molecule has 1 aromatic carbocycles. The number of rotatable bonds is 9. The fourth-order valence-electron chi connectivity index (χ4n) is 2.33. The molecule has 6 heteroatoms. The molecule has 0 heterocycles. The van der Waals surface area contributed by atoms with Gasteiger partial charge in [0.2, 0.25) is 0 Å². The molecule has 0 aliphatic rings. The zero-order chi connectivity index (χ0) is 18.0. The Morgan fingerprint density at radius 3 is 2.71 bits per heavy atom. The first-order chi connectivity index (χ1) is 11.4. The first kappa shape index (κ1) is 20.8. The number of nitrogens with one attached hydrogen (secondary N) is 1. The van der Waals surface area contributed by atoms with Crippen LogP contribution in [0.1, 0.15) is 38.7 Å². The smallest absolute Gasteiger partial charge is 0.407 e. The molecule has 0 saturated carbocycles. The Bertz CT molecular complexity index is 531. The van der Waals surface area contributed by atoms with E-state index in [2.05, 4.69) is 26.1 Å². The van der Waals surface area contributed by atoms with Crippen LogP contribution in [0.3, 0.4) is 0 Å². The first-order valence-electron chi connectivity index (χ1n) is 8.02. The summed E-state index contributed by atoms with van der Waals surface area (Å²) >= 11 is 7.84. The van der Waals surface area contributed by atoms with Crippen LogP contribution in [-0.4, -0.2) is 37.0 Å². The molecule has 1 aromatic rings. The lowest BCUT2D eigenvalue weighted by molar-refractivity contribution is -0.105. The van der Waals surface area contributed by atoms with E-state index in [-0.39, 0.29) is 11.3 Å². The molecule has 1 atom stereocenters. The molecule has 0 aliphatic heterocycles. The Hall–Kier alpha value is -1.20. The molecule has 0 aliphatic carbocycles. The molecule has 0 fully saturated rings. The number of alkyl carbamates (subject to hydrolysis) is 1. The number of ether oxygens (including phenoxy) is 1. The number of aldehydes is 1. The molecule has 1 rings (SSSR count). The van der Waals surface area contributed by atoms with Crippen molar-refractivity contribution in [3.63, 3.8) is 0 Å². The topological polar surface area (TPSA) is 55.4 Å². The third kappa shape index (κ3) is 7.58. The number of thioether (sulfide) groups is 1. The van der Waals surface area contributed by atoms with Crippen molar-refractivity contribution in [2.45, 2.75) is 33.1 Å². The van der Waals surface area contributed by atoms with Crippen LogP contribution in [-0.2, 0) is 9.53 Å². The predicted molar refractivity (Wildman–Crippen MR) is 101 cm³/mol. The second-order valence-electron chi connectivity index (χ2n) is 6.55. The number of hydrogen-bond donors (Lipinski definition) is 1. The van der Waals surface area contributed by atoms with Crippen LogP contribution in [0.15, 0.2) is 24.3 Å². The van der Waals surface area contributed by atoms with Crippen molar-refractivity contribution in [1.29, 1.82) is 0 Å². The van der Waals surface area contributed by atoms with Crippen molar-refractivity contribution < 1.29 is 14.3 Å². The fourth-order valence-corrected chi connectivity index (χ4v) is 3.19. The molecule has 1 unspecified atom stereocenters. The van der Waals surface area contributed by atoms with Crippen molar-refractivity contribution >= 4 is 35.7 Å². The molecule has 4 nitrogen and oxygen atoms in total. The Balaban J connectivity index is 2.47. The van der Waals surface area contributed by atoms with E-state index in [9.17, 15) is 9.59 Å². The van der Waals surface area contributed by atoms with Gasteiger partial charge in [-0.05, 0) is 29.2 Å². The highest BCUT2D eigenvalue weighted by molar-refractivity contribution is 7.99. The van der Waals surface area contributed by atoms with Crippen molar-refractivity contribution in [2.75, 3.05) is 24.7 Å². The fraction of sp³-hybridized carbons (Fsp3) is 0.556. The quantitative estimate of drug-likeness (QED) is 0.512. The summed E-state index contributed by atoms with van der Waals surface area (Å²) in [6.07, 6.45) is 1.19. The Morgan fingerprint density at radius 1 is 1.38 bits per heavy atom. The highest BCUT2D eigenvalue weighted by atomic mass is 35.5. The SMILES string of the molecule is CC(C)(C)C(CNC(=O)OCCCSCC=O)c1ccccc1Cl. The van der Waals surface area contributed by atoms with Crippen LogP contribution in [0.4, 0.5) is 4.79 Å². The van der Waals surface area contributed by atoms with Gasteiger partial charge >= 0.3 is 6.09 Å². The van der Waals surface area contributed by atoms with E-state index in [1.165, 1.54) is 11.8 Å². The molecule has 0 spiro atoms. The summed E-state index contributed by atoms with van der Waals surface area (Å²) in [6, 6.07) is 7.71. The Labute approximate surface area is 153 Å². The maximum absolute atomic E-state index is 11.9. The number of hydrogen-bond acceptors (Lipinski definition) is 4. The van der Waals surface area contributed by atoms with E-state index in [1.807, 2.05) is 24.3 Å². The highest BCUT2D eigenvalue weighted by Crippen LogP contribution is 2.37. The van der Waals surface area contributed by atoms with Gasteiger partial charge < -0.3 is 14.8 Å². The lowest BCUT2D eigenvalue weighted by Gasteiger charge is -2.31. The number of carbonyl (C=O) groups is 2.